The summed E-state index contributed by atoms with van der Waals surface area (Å²) < 4.78 is 5.06. The molecule has 0 aromatic carbocycles. The number of rotatable bonds is 6. The van der Waals surface area contributed by atoms with Crippen molar-refractivity contribution in [3.8, 4) is 0 Å². The van der Waals surface area contributed by atoms with E-state index in [1.807, 2.05) is 18.7 Å². The van der Waals surface area contributed by atoms with Gasteiger partial charge in [0.1, 0.15) is 17.0 Å². The predicted molar refractivity (Wildman–Crippen MR) is 101 cm³/mol. The third-order valence-corrected chi connectivity index (χ3v) is 5.51. The smallest absolute Gasteiger partial charge is 0.309 e. The highest BCUT2D eigenvalue weighted by molar-refractivity contribution is 7.18. The summed E-state index contributed by atoms with van der Waals surface area (Å²) in [5.74, 6) is 0.660. The Morgan fingerprint density at radius 2 is 2.12 bits per heavy atom. The number of ether oxygens (including phenoxy) is 1. The van der Waals surface area contributed by atoms with Crippen LogP contribution in [0.4, 0.5) is 5.82 Å². The van der Waals surface area contributed by atoms with Crippen LogP contribution in [0, 0.1) is 12.8 Å². The van der Waals surface area contributed by atoms with Crippen molar-refractivity contribution in [1.29, 1.82) is 0 Å². The minimum absolute atomic E-state index is 0.0757. The first-order valence-corrected chi connectivity index (χ1v) is 9.79. The van der Waals surface area contributed by atoms with Crippen LogP contribution < -0.4 is 5.32 Å². The fourth-order valence-corrected chi connectivity index (χ4v) is 4.03. The number of hydrogen-bond donors (Lipinski definition) is 1. The van der Waals surface area contributed by atoms with Gasteiger partial charge in [0, 0.05) is 30.9 Å². The van der Waals surface area contributed by atoms with Gasteiger partial charge in [-0.1, -0.05) is 0 Å². The molecule has 26 heavy (non-hydrogen) atoms. The van der Waals surface area contributed by atoms with Gasteiger partial charge in [0.15, 0.2) is 0 Å². The first kappa shape index (κ1) is 18.6. The van der Waals surface area contributed by atoms with Crippen molar-refractivity contribution >= 4 is 39.2 Å². The van der Waals surface area contributed by atoms with Crippen molar-refractivity contribution in [2.24, 2.45) is 5.92 Å². The summed E-state index contributed by atoms with van der Waals surface area (Å²) in [6.07, 6.45) is 3.30. The molecule has 1 amide bonds. The summed E-state index contributed by atoms with van der Waals surface area (Å²) in [5, 5.41) is 4.25. The maximum Gasteiger partial charge on any atom is 0.309 e. The molecule has 0 aliphatic carbocycles. The fourth-order valence-electron chi connectivity index (χ4n) is 3.19. The van der Waals surface area contributed by atoms with Gasteiger partial charge in [-0.3, -0.25) is 9.59 Å². The lowest BCUT2D eigenvalue weighted by molar-refractivity contribution is -0.151. The molecule has 3 heterocycles. The van der Waals surface area contributed by atoms with Crippen molar-refractivity contribution in [1.82, 2.24) is 14.9 Å². The maximum absolute atomic E-state index is 12.4. The van der Waals surface area contributed by atoms with Gasteiger partial charge < -0.3 is 15.0 Å². The lowest BCUT2D eigenvalue weighted by atomic mass is 9.97. The molecule has 0 unspecified atom stereocenters. The maximum atomic E-state index is 12.4. The number of amides is 1. The molecule has 2 aromatic heterocycles. The van der Waals surface area contributed by atoms with Gasteiger partial charge in [0.2, 0.25) is 5.91 Å². The number of aromatic nitrogens is 2. The summed E-state index contributed by atoms with van der Waals surface area (Å²) in [7, 11) is 0. The molecule has 140 valence electrons. The minimum atomic E-state index is -0.139. The number of fused-ring (bicyclic) bond motifs is 1. The van der Waals surface area contributed by atoms with Crippen LogP contribution in [0.15, 0.2) is 12.4 Å². The number of aryl methyl sites for hydroxylation is 1. The summed E-state index contributed by atoms with van der Waals surface area (Å²) >= 11 is 1.63. The topological polar surface area (TPSA) is 84.4 Å². The zero-order valence-corrected chi connectivity index (χ0v) is 16.0. The van der Waals surface area contributed by atoms with E-state index in [1.54, 1.807) is 17.7 Å². The van der Waals surface area contributed by atoms with E-state index < -0.39 is 0 Å². The van der Waals surface area contributed by atoms with E-state index in [9.17, 15) is 9.59 Å². The van der Waals surface area contributed by atoms with Gasteiger partial charge >= 0.3 is 5.97 Å². The number of esters is 1. The summed E-state index contributed by atoms with van der Waals surface area (Å²) in [6.45, 7) is 6.01. The van der Waals surface area contributed by atoms with Gasteiger partial charge in [-0.05, 0) is 32.8 Å². The molecule has 1 N–H and O–H groups in total. The molecular formula is C18H24N4O3S. The van der Waals surface area contributed by atoms with E-state index in [4.69, 9.17) is 4.74 Å². The first-order chi connectivity index (χ1) is 12.6. The Kier molecular flexibility index (Phi) is 6.03. The molecule has 1 aliphatic rings. The van der Waals surface area contributed by atoms with Gasteiger partial charge in [-0.15, -0.1) is 11.3 Å². The lowest BCUT2D eigenvalue weighted by Gasteiger charge is -2.31. The molecule has 1 fully saturated rings. The van der Waals surface area contributed by atoms with Crippen LogP contribution >= 0.6 is 11.3 Å². The van der Waals surface area contributed by atoms with Crippen LogP contribution in [0.3, 0.4) is 0 Å². The van der Waals surface area contributed by atoms with Crippen molar-refractivity contribution < 1.29 is 14.3 Å². The fraction of sp³-hybridized carbons (Fsp3) is 0.556. The monoisotopic (exact) mass is 376 g/mol. The second-order valence-electron chi connectivity index (χ2n) is 6.38. The molecule has 0 atom stereocenters. The van der Waals surface area contributed by atoms with Crippen LogP contribution in [0.2, 0.25) is 0 Å². The molecule has 0 radical (unpaired) electrons. The standard InChI is InChI=1S/C18H24N4O3S/c1-3-25-18(24)13-5-8-22(9-6-13)15(23)4-7-19-16-14-10-12(2)26-17(14)21-11-20-16/h10-11,13H,3-9H2,1-2H3,(H,19,20,21). The van der Waals surface area contributed by atoms with Gasteiger partial charge in [0.25, 0.3) is 0 Å². The molecule has 0 bridgehead atoms. The van der Waals surface area contributed by atoms with Crippen molar-refractivity contribution in [2.45, 2.75) is 33.1 Å². The van der Waals surface area contributed by atoms with E-state index in [1.165, 1.54) is 4.88 Å². The van der Waals surface area contributed by atoms with Crippen LogP contribution in [0.1, 0.15) is 31.1 Å². The number of hydrogen-bond acceptors (Lipinski definition) is 7. The first-order valence-electron chi connectivity index (χ1n) is 8.98. The molecule has 1 saturated heterocycles. The van der Waals surface area contributed by atoms with Crippen molar-refractivity contribution in [3.05, 3.63) is 17.3 Å². The number of nitrogens with zero attached hydrogens (tertiary/aromatic N) is 3. The Balaban J connectivity index is 1.47. The quantitative estimate of drug-likeness (QED) is 0.780. The Morgan fingerprint density at radius 3 is 2.85 bits per heavy atom. The molecule has 8 heteroatoms. The van der Waals surface area contributed by atoms with Gasteiger partial charge in [-0.2, -0.15) is 0 Å². The van der Waals surface area contributed by atoms with E-state index in [2.05, 4.69) is 21.4 Å². The highest BCUT2D eigenvalue weighted by atomic mass is 32.1. The number of likely N-dealkylation sites (tertiary alicyclic amines) is 1. The molecule has 7 nitrogen and oxygen atoms in total. The molecule has 2 aromatic rings. The average molecular weight is 376 g/mol. The van der Waals surface area contributed by atoms with E-state index >= 15 is 0 Å². The van der Waals surface area contributed by atoms with Gasteiger partial charge in [-0.25, -0.2) is 9.97 Å². The van der Waals surface area contributed by atoms with Crippen LogP contribution in [0.5, 0.6) is 0 Å². The van der Waals surface area contributed by atoms with E-state index in [0.29, 0.717) is 45.5 Å². The Morgan fingerprint density at radius 1 is 1.35 bits per heavy atom. The summed E-state index contributed by atoms with van der Waals surface area (Å²) in [5.41, 5.74) is 0. The molecule has 0 spiro atoms. The third kappa shape index (κ3) is 4.30. The molecule has 0 saturated carbocycles. The van der Waals surface area contributed by atoms with Crippen molar-refractivity contribution in [3.63, 3.8) is 0 Å². The summed E-state index contributed by atoms with van der Waals surface area (Å²) in [4.78, 5) is 36.7. The largest absolute Gasteiger partial charge is 0.466 e. The van der Waals surface area contributed by atoms with E-state index in [-0.39, 0.29) is 17.8 Å². The summed E-state index contributed by atoms with van der Waals surface area (Å²) in [6, 6.07) is 2.06. The Labute approximate surface area is 156 Å². The Hall–Kier alpha value is -2.22. The highest BCUT2D eigenvalue weighted by Crippen LogP contribution is 2.27. The predicted octanol–water partition coefficient (Wildman–Crippen LogP) is 2.60. The molecule has 3 rings (SSSR count). The molecular weight excluding hydrogens is 352 g/mol. The van der Waals surface area contributed by atoms with E-state index in [0.717, 1.165) is 16.0 Å². The highest BCUT2D eigenvalue weighted by Gasteiger charge is 2.27. The van der Waals surface area contributed by atoms with Crippen molar-refractivity contribution in [2.75, 3.05) is 31.6 Å². The van der Waals surface area contributed by atoms with Crippen LogP contribution in [-0.4, -0.2) is 53.0 Å². The number of nitrogens with one attached hydrogen (secondary N) is 1. The Bertz CT molecular complexity index is 784. The zero-order chi connectivity index (χ0) is 18.5. The number of piperidine rings is 1. The number of anilines is 1. The number of carbonyl (C=O) groups excluding carboxylic acids is 2. The lowest BCUT2D eigenvalue weighted by Crippen LogP contribution is -2.41. The second-order valence-corrected chi connectivity index (χ2v) is 7.62. The number of thiophene rings is 1. The zero-order valence-electron chi connectivity index (χ0n) is 15.2. The minimum Gasteiger partial charge on any atom is -0.466 e. The molecule has 1 aliphatic heterocycles. The number of carbonyl (C=O) groups is 2. The third-order valence-electron chi connectivity index (χ3n) is 4.55. The van der Waals surface area contributed by atoms with Crippen LogP contribution in [-0.2, 0) is 14.3 Å². The van der Waals surface area contributed by atoms with Crippen LogP contribution in [0.25, 0.3) is 10.2 Å². The normalized spacial score (nSPS) is 15.2. The van der Waals surface area contributed by atoms with Gasteiger partial charge in [0.05, 0.1) is 17.9 Å². The SMILES string of the molecule is CCOC(=O)C1CCN(C(=O)CCNc2ncnc3sc(C)cc23)CC1. The second kappa shape index (κ2) is 8.44. The average Bonchev–Trinajstić information content (AvgIpc) is 3.03.